The summed E-state index contributed by atoms with van der Waals surface area (Å²) in [5.74, 6) is 0.175. The van der Waals surface area contributed by atoms with Crippen LogP contribution in [0, 0.1) is 5.92 Å². The Balaban J connectivity index is 2.24. The van der Waals surface area contributed by atoms with E-state index in [9.17, 15) is 9.59 Å². The van der Waals surface area contributed by atoms with Crippen molar-refractivity contribution in [2.24, 2.45) is 11.7 Å². The molecule has 2 rings (SSSR count). The largest absolute Gasteiger partial charge is 0.365 e. The van der Waals surface area contributed by atoms with E-state index in [4.69, 9.17) is 5.73 Å². The van der Waals surface area contributed by atoms with E-state index < -0.39 is 5.91 Å². The van der Waals surface area contributed by atoms with E-state index >= 15 is 0 Å². The van der Waals surface area contributed by atoms with E-state index in [2.05, 4.69) is 12.2 Å². The fourth-order valence-corrected chi connectivity index (χ4v) is 4.06. The summed E-state index contributed by atoms with van der Waals surface area (Å²) < 4.78 is 0. The van der Waals surface area contributed by atoms with Crippen molar-refractivity contribution < 1.29 is 9.59 Å². The van der Waals surface area contributed by atoms with E-state index in [1.165, 1.54) is 16.2 Å². The lowest BCUT2D eigenvalue weighted by molar-refractivity contribution is -0.116. The Morgan fingerprint density at radius 3 is 2.85 bits per heavy atom. The summed E-state index contributed by atoms with van der Waals surface area (Å²) in [6.07, 6.45) is 5.27. The van der Waals surface area contributed by atoms with Gasteiger partial charge in [-0.2, -0.15) is 0 Å². The van der Waals surface area contributed by atoms with Gasteiger partial charge in [-0.15, -0.1) is 11.3 Å². The number of primary amides is 1. The highest BCUT2D eigenvalue weighted by Crippen LogP contribution is 2.39. The van der Waals surface area contributed by atoms with Crippen molar-refractivity contribution in [3.05, 3.63) is 16.0 Å². The predicted octanol–water partition coefficient (Wildman–Crippen LogP) is 3.10. The standard InChI is InChI=1S/C15H22N2O2S/c1-3-4-5-12(18)17-15-13(14(16)19)10-7-6-9(2)8-11(10)20-15/h9H,3-8H2,1-2H3,(H2,16,19)(H,17,18)/t9-/m0/s1. The third-order valence-corrected chi connectivity index (χ3v) is 4.94. The number of amides is 2. The monoisotopic (exact) mass is 294 g/mol. The van der Waals surface area contributed by atoms with Crippen molar-refractivity contribution in [3.63, 3.8) is 0 Å². The zero-order valence-electron chi connectivity index (χ0n) is 12.1. The summed E-state index contributed by atoms with van der Waals surface area (Å²) in [5.41, 5.74) is 7.11. The quantitative estimate of drug-likeness (QED) is 0.876. The number of rotatable bonds is 5. The van der Waals surface area contributed by atoms with Gasteiger partial charge in [0.2, 0.25) is 5.91 Å². The van der Waals surface area contributed by atoms with Crippen molar-refractivity contribution in [2.75, 3.05) is 5.32 Å². The maximum Gasteiger partial charge on any atom is 0.251 e. The van der Waals surface area contributed by atoms with Crippen LogP contribution >= 0.6 is 11.3 Å². The number of nitrogens with one attached hydrogen (secondary N) is 1. The lowest BCUT2D eigenvalue weighted by Crippen LogP contribution is -2.19. The minimum atomic E-state index is -0.428. The number of anilines is 1. The summed E-state index contributed by atoms with van der Waals surface area (Å²) in [7, 11) is 0. The second-order valence-electron chi connectivity index (χ2n) is 5.57. The van der Waals surface area contributed by atoms with Gasteiger partial charge in [-0.1, -0.05) is 20.3 Å². The molecule has 0 spiro atoms. The molecule has 1 atom stereocenters. The number of carbonyl (C=O) groups is 2. The van der Waals surface area contributed by atoms with E-state index in [1.807, 2.05) is 6.92 Å². The first-order valence-electron chi connectivity index (χ1n) is 7.27. The Morgan fingerprint density at radius 1 is 1.45 bits per heavy atom. The molecule has 0 bridgehead atoms. The van der Waals surface area contributed by atoms with Crippen LogP contribution in [0.5, 0.6) is 0 Å². The third kappa shape index (κ3) is 3.20. The van der Waals surface area contributed by atoms with Gasteiger partial charge >= 0.3 is 0 Å². The summed E-state index contributed by atoms with van der Waals surface area (Å²) in [5, 5.41) is 3.53. The first kappa shape index (κ1) is 15.0. The van der Waals surface area contributed by atoms with Gasteiger partial charge in [0.1, 0.15) is 5.00 Å². The van der Waals surface area contributed by atoms with Crippen LogP contribution in [0.2, 0.25) is 0 Å². The fourth-order valence-electron chi connectivity index (χ4n) is 2.63. The second-order valence-corrected chi connectivity index (χ2v) is 6.68. The summed E-state index contributed by atoms with van der Waals surface area (Å²) >= 11 is 1.52. The van der Waals surface area contributed by atoms with Gasteiger partial charge in [0.15, 0.2) is 0 Å². The molecule has 0 aromatic carbocycles. The highest BCUT2D eigenvalue weighted by Gasteiger charge is 2.27. The van der Waals surface area contributed by atoms with Crippen LogP contribution in [-0.2, 0) is 17.6 Å². The van der Waals surface area contributed by atoms with Gasteiger partial charge in [0.05, 0.1) is 5.56 Å². The molecule has 1 aromatic rings. The maximum atomic E-state index is 11.9. The van der Waals surface area contributed by atoms with Gasteiger partial charge in [0, 0.05) is 11.3 Å². The Hall–Kier alpha value is -1.36. The Kier molecular flexibility index (Phi) is 4.81. The molecule has 0 unspecified atom stereocenters. The van der Waals surface area contributed by atoms with E-state index in [0.29, 0.717) is 22.9 Å². The highest BCUT2D eigenvalue weighted by atomic mass is 32.1. The van der Waals surface area contributed by atoms with Crippen molar-refractivity contribution in [1.82, 2.24) is 0 Å². The smallest absolute Gasteiger partial charge is 0.251 e. The van der Waals surface area contributed by atoms with Gasteiger partial charge in [0.25, 0.3) is 5.91 Å². The zero-order valence-corrected chi connectivity index (χ0v) is 12.9. The van der Waals surface area contributed by atoms with Crippen LogP contribution < -0.4 is 11.1 Å². The molecule has 1 aliphatic rings. The Morgan fingerprint density at radius 2 is 2.20 bits per heavy atom. The van der Waals surface area contributed by atoms with Crippen LogP contribution in [0.4, 0.5) is 5.00 Å². The van der Waals surface area contributed by atoms with Gasteiger partial charge in [-0.25, -0.2) is 0 Å². The van der Waals surface area contributed by atoms with E-state index in [1.54, 1.807) is 0 Å². The first-order chi connectivity index (χ1) is 9.52. The van der Waals surface area contributed by atoms with Crippen molar-refractivity contribution in [3.8, 4) is 0 Å². The van der Waals surface area contributed by atoms with Gasteiger partial charge in [-0.05, 0) is 37.2 Å². The third-order valence-electron chi connectivity index (χ3n) is 3.77. The summed E-state index contributed by atoms with van der Waals surface area (Å²) in [4.78, 5) is 24.8. The fraction of sp³-hybridized carbons (Fsp3) is 0.600. The van der Waals surface area contributed by atoms with Gasteiger partial charge < -0.3 is 11.1 Å². The number of hydrogen-bond acceptors (Lipinski definition) is 3. The average Bonchev–Trinajstić information content (AvgIpc) is 2.73. The average molecular weight is 294 g/mol. The molecule has 0 saturated carbocycles. The Labute approximate surface area is 123 Å². The maximum absolute atomic E-state index is 11.9. The van der Waals surface area contributed by atoms with Crippen molar-refractivity contribution in [2.45, 2.75) is 52.4 Å². The molecular formula is C15H22N2O2S. The molecule has 1 aliphatic carbocycles. The predicted molar refractivity (Wildman–Crippen MR) is 82.2 cm³/mol. The number of nitrogens with two attached hydrogens (primary N) is 1. The summed E-state index contributed by atoms with van der Waals surface area (Å²) in [6, 6.07) is 0. The molecular weight excluding hydrogens is 272 g/mol. The molecule has 0 radical (unpaired) electrons. The second kappa shape index (κ2) is 6.39. The molecule has 1 aromatic heterocycles. The lowest BCUT2D eigenvalue weighted by atomic mass is 9.88. The molecule has 3 N–H and O–H groups in total. The number of fused-ring (bicyclic) bond motifs is 1. The van der Waals surface area contributed by atoms with Crippen LogP contribution in [0.15, 0.2) is 0 Å². The molecule has 0 saturated heterocycles. The zero-order chi connectivity index (χ0) is 14.7. The van der Waals surface area contributed by atoms with Crippen LogP contribution in [0.1, 0.15) is 60.3 Å². The van der Waals surface area contributed by atoms with Crippen LogP contribution in [-0.4, -0.2) is 11.8 Å². The molecule has 5 heteroatoms. The molecule has 110 valence electrons. The van der Waals surface area contributed by atoms with E-state index in [-0.39, 0.29) is 5.91 Å². The number of hydrogen-bond donors (Lipinski definition) is 2. The topological polar surface area (TPSA) is 72.2 Å². The normalized spacial score (nSPS) is 17.6. The Bertz CT molecular complexity index is 522. The molecule has 2 amide bonds. The molecule has 0 fully saturated rings. The minimum absolute atomic E-state index is 0.0269. The minimum Gasteiger partial charge on any atom is -0.365 e. The van der Waals surface area contributed by atoms with Crippen molar-refractivity contribution >= 4 is 28.2 Å². The summed E-state index contributed by atoms with van der Waals surface area (Å²) in [6.45, 7) is 4.26. The number of unbranched alkanes of at least 4 members (excludes halogenated alkanes) is 1. The number of carbonyl (C=O) groups excluding carboxylic acids is 2. The molecule has 4 nitrogen and oxygen atoms in total. The lowest BCUT2D eigenvalue weighted by Gasteiger charge is -2.18. The molecule has 20 heavy (non-hydrogen) atoms. The van der Waals surface area contributed by atoms with Crippen LogP contribution in [0.25, 0.3) is 0 Å². The van der Waals surface area contributed by atoms with Crippen LogP contribution in [0.3, 0.4) is 0 Å². The first-order valence-corrected chi connectivity index (χ1v) is 8.08. The van der Waals surface area contributed by atoms with Gasteiger partial charge in [-0.3, -0.25) is 9.59 Å². The highest BCUT2D eigenvalue weighted by molar-refractivity contribution is 7.17. The van der Waals surface area contributed by atoms with Crippen molar-refractivity contribution in [1.29, 1.82) is 0 Å². The SMILES string of the molecule is CCCCC(=O)Nc1sc2c(c1C(N)=O)CC[C@H](C)C2. The van der Waals surface area contributed by atoms with E-state index in [0.717, 1.165) is 37.7 Å². The number of thiophene rings is 1. The molecule has 1 heterocycles. The molecule has 0 aliphatic heterocycles.